The number of ether oxygens (including phenoxy) is 1. The number of anilines is 1. The molecule has 0 aromatic heterocycles. The van der Waals surface area contributed by atoms with Gasteiger partial charge in [0.05, 0.1) is 38.0 Å². The van der Waals surface area contributed by atoms with Crippen LogP contribution in [0.3, 0.4) is 0 Å². The molecule has 2 unspecified atom stereocenters. The van der Waals surface area contributed by atoms with Gasteiger partial charge in [0.25, 0.3) is 0 Å². The summed E-state index contributed by atoms with van der Waals surface area (Å²) < 4.78 is 4.74. The predicted molar refractivity (Wildman–Crippen MR) is 119 cm³/mol. The van der Waals surface area contributed by atoms with Gasteiger partial charge in [0.2, 0.25) is 0 Å². The Morgan fingerprint density at radius 1 is 1.30 bits per heavy atom. The zero-order valence-electron chi connectivity index (χ0n) is 18.0. The Hall–Kier alpha value is -2.57. The number of esters is 1. The van der Waals surface area contributed by atoms with Gasteiger partial charge in [0.15, 0.2) is 0 Å². The molecule has 160 valence electrons. The second kappa shape index (κ2) is 7.93. The van der Waals surface area contributed by atoms with Gasteiger partial charge in [-0.1, -0.05) is 37.6 Å². The molecular formula is C23H28ClN2O4+. The number of hydrogen-bond acceptors (Lipinski definition) is 4. The van der Waals surface area contributed by atoms with E-state index in [-0.39, 0.29) is 15.9 Å². The molecule has 2 aromatic rings. The number of fused-ring (bicyclic) bond motifs is 1. The van der Waals surface area contributed by atoms with Gasteiger partial charge in [-0.15, -0.1) is 0 Å². The third-order valence-corrected chi connectivity index (χ3v) is 6.35. The van der Waals surface area contributed by atoms with Crippen LogP contribution in [-0.4, -0.2) is 37.9 Å². The van der Waals surface area contributed by atoms with Crippen LogP contribution in [0.25, 0.3) is 0 Å². The number of carboxylic acid groups (broad SMARTS) is 1. The van der Waals surface area contributed by atoms with Crippen molar-refractivity contribution in [2.75, 3.05) is 26.0 Å². The molecule has 0 saturated heterocycles. The lowest BCUT2D eigenvalue weighted by Gasteiger charge is -2.42. The number of amides is 1. The van der Waals surface area contributed by atoms with Gasteiger partial charge in [-0.05, 0) is 48.1 Å². The summed E-state index contributed by atoms with van der Waals surface area (Å²) in [6.45, 7) is 6.56. The fourth-order valence-electron chi connectivity index (χ4n) is 4.15. The lowest BCUT2D eigenvalue weighted by molar-refractivity contribution is 0.0601. The maximum Gasteiger partial charge on any atom is 0.518 e. The fourth-order valence-corrected chi connectivity index (χ4v) is 4.39. The Balaban J connectivity index is 2.10. The van der Waals surface area contributed by atoms with Crippen molar-refractivity contribution in [1.82, 2.24) is 4.48 Å². The van der Waals surface area contributed by atoms with Gasteiger partial charge < -0.3 is 15.2 Å². The maximum absolute atomic E-state index is 12.4. The van der Waals surface area contributed by atoms with Crippen molar-refractivity contribution in [3.8, 4) is 0 Å². The first-order valence-electron chi connectivity index (χ1n) is 9.90. The molecule has 2 atom stereocenters. The summed E-state index contributed by atoms with van der Waals surface area (Å²) in [7, 11) is 3.03. The number of nitrogens with zero attached hydrogens (tertiary/aromatic N) is 1. The van der Waals surface area contributed by atoms with Crippen molar-refractivity contribution in [2.45, 2.75) is 33.2 Å². The van der Waals surface area contributed by atoms with Crippen molar-refractivity contribution in [3.05, 3.63) is 58.1 Å². The van der Waals surface area contributed by atoms with E-state index >= 15 is 0 Å². The number of halogens is 1. The van der Waals surface area contributed by atoms with Gasteiger partial charge in [-0.25, -0.2) is 4.79 Å². The van der Waals surface area contributed by atoms with Crippen molar-refractivity contribution < 1.29 is 19.4 Å². The molecule has 7 heteroatoms. The Morgan fingerprint density at radius 3 is 2.60 bits per heavy atom. The number of carbonyl (C=O) groups is 2. The summed E-state index contributed by atoms with van der Waals surface area (Å²) in [5, 5.41) is 13.8. The molecule has 1 amide bonds. The van der Waals surface area contributed by atoms with Crippen LogP contribution in [0, 0.1) is 5.41 Å². The van der Waals surface area contributed by atoms with E-state index in [1.165, 1.54) is 7.11 Å². The van der Waals surface area contributed by atoms with Crippen LogP contribution >= 0.6 is 11.6 Å². The molecule has 0 bridgehead atoms. The molecule has 0 aliphatic carbocycles. The number of methoxy groups -OCH3 is 1. The lowest BCUT2D eigenvalue weighted by Crippen LogP contribution is -2.49. The van der Waals surface area contributed by atoms with Crippen LogP contribution in [0.1, 0.15) is 48.3 Å². The van der Waals surface area contributed by atoms with Gasteiger partial charge in [-0.2, -0.15) is 9.28 Å². The Morgan fingerprint density at radius 2 is 2.00 bits per heavy atom. The molecule has 0 spiro atoms. The van der Waals surface area contributed by atoms with Crippen molar-refractivity contribution in [3.63, 3.8) is 0 Å². The van der Waals surface area contributed by atoms with Crippen LogP contribution in [0.5, 0.6) is 0 Å². The summed E-state index contributed by atoms with van der Waals surface area (Å²) >= 11 is 6.25. The molecule has 6 nitrogen and oxygen atoms in total. The van der Waals surface area contributed by atoms with Gasteiger partial charge >= 0.3 is 12.1 Å². The molecule has 3 rings (SSSR count). The molecule has 1 heterocycles. The smallest absolute Gasteiger partial charge is 0.465 e. The second-order valence-corrected chi connectivity index (χ2v) is 9.04. The average molecular weight is 432 g/mol. The van der Waals surface area contributed by atoms with E-state index in [4.69, 9.17) is 16.3 Å². The number of carbonyl (C=O) groups excluding carboxylic acids is 1. The minimum atomic E-state index is -0.904. The van der Waals surface area contributed by atoms with E-state index in [1.807, 2.05) is 37.3 Å². The number of nitrogens with one attached hydrogen (secondary N) is 1. The SMILES string of the molecule is CC[N+](C)(C(=O)O)c1cccc(C2Nc3c(cc(Cl)cc3C(=O)OC)CC2(C)C)c1. The number of hydrogen-bond donors (Lipinski definition) is 2. The highest BCUT2D eigenvalue weighted by Crippen LogP contribution is 2.47. The normalized spacial score (nSPS) is 19.2. The van der Waals surface area contributed by atoms with Crippen LogP contribution < -0.4 is 9.80 Å². The van der Waals surface area contributed by atoms with E-state index in [2.05, 4.69) is 19.2 Å². The summed E-state index contributed by atoms with van der Waals surface area (Å²) in [6, 6.07) is 11.0. The molecule has 0 saturated carbocycles. The third-order valence-electron chi connectivity index (χ3n) is 6.13. The minimum Gasteiger partial charge on any atom is -0.465 e. The quantitative estimate of drug-likeness (QED) is 0.494. The monoisotopic (exact) mass is 431 g/mol. The highest BCUT2D eigenvalue weighted by Gasteiger charge is 2.39. The van der Waals surface area contributed by atoms with E-state index in [0.29, 0.717) is 34.9 Å². The van der Waals surface area contributed by atoms with Gasteiger partial charge in [-0.3, -0.25) is 0 Å². The van der Waals surface area contributed by atoms with Crippen LogP contribution in [0.15, 0.2) is 36.4 Å². The number of quaternary nitrogens is 1. The second-order valence-electron chi connectivity index (χ2n) is 8.61. The molecule has 2 N–H and O–H groups in total. The molecule has 1 aliphatic heterocycles. The summed E-state index contributed by atoms with van der Waals surface area (Å²) in [5.41, 5.74) is 3.54. The van der Waals surface area contributed by atoms with Crippen LogP contribution in [0.2, 0.25) is 5.02 Å². The molecule has 1 aliphatic rings. The standard InChI is InChI=1S/C23H27ClN2O4/c1-6-26(4,22(28)29)17-9-7-8-14(11-17)20-23(2,3)13-15-10-16(24)12-18(19(15)25-20)21(27)30-5/h7-12,20H,6,13H2,1-5H3,(H-,25,27,28,29)/p+1. The summed E-state index contributed by atoms with van der Waals surface area (Å²) in [6.07, 6.45) is -0.202. The largest absolute Gasteiger partial charge is 0.518 e. The minimum absolute atomic E-state index is 0.131. The first-order valence-corrected chi connectivity index (χ1v) is 10.3. The van der Waals surface area contributed by atoms with E-state index in [9.17, 15) is 14.7 Å². The molecule has 2 aromatic carbocycles. The highest BCUT2D eigenvalue weighted by molar-refractivity contribution is 6.31. The van der Waals surface area contributed by atoms with Crippen LogP contribution in [0.4, 0.5) is 16.2 Å². The molecular weight excluding hydrogens is 404 g/mol. The Labute approximate surface area is 182 Å². The van der Waals surface area contributed by atoms with Gasteiger partial charge in [0, 0.05) is 11.1 Å². The van der Waals surface area contributed by atoms with Gasteiger partial charge in [0.1, 0.15) is 5.69 Å². The zero-order valence-corrected chi connectivity index (χ0v) is 18.7. The van der Waals surface area contributed by atoms with Crippen molar-refractivity contribution in [1.29, 1.82) is 0 Å². The number of rotatable bonds is 4. The zero-order chi connectivity index (χ0) is 22.3. The van der Waals surface area contributed by atoms with E-state index < -0.39 is 12.1 Å². The highest BCUT2D eigenvalue weighted by atomic mass is 35.5. The first-order chi connectivity index (χ1) is 14.0. The maximum atomic E-state index is 12.4. The van der Waals surface area contributed by atoms with Crippen molar-refractivity contribution >= 4 is 35.0 Å². The fraction of sp³-hybridized carbons (Fsp3) is 0.391. The van der Waals surface area contributed by atoms with Crippen molar-refractivity contribution in [2.24, 2.45) is 5.41 Å². The first kappa shape index (κ1) is 22.1. The molecule has 30 heavy (non-hydrogen) atoms. The Kier molecular flexibility index (Phi) is 5.85. The molecule has 0 fully saturated rings. The predicted octanol–water partition coefficient (Wildman–Crippen LogP) is 5.50. The third kappa shape index (κ3) is 3.77. The van der Waals surface area contributed by atoms with E-state index in [1.54, 1.807) is 13.1 Å². The average Bonchev–Trinajstić information content (AvgIpc) is 2.70. The molecule has 0 radical (unpaired) electrons. The topological polar surface area (TPSA) is 75.6 Å². The Bertz CT molecular complexity index is 1000. The summed E-state index contributed by atoms with van der Waals surface area (Å²) in [4.78, 5) is 24.3. The summed E-state index contributed by atoms with van der Waals surface area (Å²) in [5.74, 6) is -0.449. The lowest BCUT2D eigenvalue weighted by atomic mass is 9.72. The van der Waals surface area contributed by atoms with E-state index in [0.717, 1.165) is 11.1 Å². The van der Waals surface area contributed by atoms with Crippen LogP contribution in [-0.2, 0) is 11.2 Å². The number of benzene rings is 2.